The second-order valence-electron chi connectivity index (χ2n) is 8.25. The highest BCUT2D eigenvalue weighted by atomic mass is 16.5. The van der Waals surface area contributed by atoms with E-state index in [-0.39, 0.29) is 12.0 Å². The number of methoxy groups -OCH3 is 1. The van der Waals surface area contributed by atoms with Crippen LogP contribution in [0.2, 0.25) is 0 Å². The highest BCUT2D eigenvalue weighted by Gasteiger charge is 2.54. The lowest BCUT2D eigenvalue weighted by Gasteiger charge is -2.44. The van der Waals surface area contributed by atoms with E-state index in [1.807, 2.05) is 18.2 Å². The van der Waals surface area contributed by atoms with Crippen molar-refractivity contribution in [1.82, 2.24) is 0 Å². The molecule has 5 nitrogen and oxygen atoms in total. The van der Waals surface area contributed by atoms with Crippen molar-refractivity contribution in [3.05, 3.63) is 64.7 Å². The normalized spacial score (nSPS) is 29.5. The van der Waals surface area contributed by atoms with Crippen LogP contribution in [-0.4, -0.2) is 24.2 Å². The summed E-state index contributed by atoms with van der Waals surface area (Å²) < 4.78 is 4.80. The van der Waals surface area contributed by atoms with Gasteiger partial charge in [0.05, 0.1) is 30.0 Å². The molecule has 3 aliphatic rings. The monoisotopic (exact) mass is 377 g/mol. The number of benzene rings is 2. The maximum absolute atomic E-state index is 11.8. The first-order valence-electron chi connectivity index (χ1n) is 9.89. The zero-order chi connectivity index (χ0) is 19.4. The lowest BCUT2D eigenvalue weighted by Crippen LogP contribution is -2.36. The van der Waals surface area contributed by atoms with E-state index in [1.54, 1.807) is 18.2 Å². The Balaban J connectivity index is 1.59. The summed E-state index contributed by atoms with van der Waals surface area (Å²) in [7, 11) is 1.38. The third kappa shape index (κ3) is 2.45. The third-order valence-electron chi connectivity index (χ3n) is 7.04. The van der Waals surface area contributed by atoms with Gasteiger partial charge in [-0.3, -0.25) is 0 Å². The molecule has 2 aromatic carbocycles. The van der Waals surface area contributed by atoms with Crippen LogP contribution in [0.5, 0.6) is 0 Å². The van der Waals surface area contributed by atoms with Crippen molar-refractivity contribution < 1.29 is 19.4 Å². The molecule has 2 fully saturated rings. The molecule has 2 aliphatic carbocycles. The Bertz CT molecular complexity index is 952. The maximum Gasteiger partial charge on any atom is 0.337 e. The summed E-state index contributed by atoms with van der Waals surface area (Å²) in [5.41, 5.74) is 3.90. The molecule has 0 unspecified atom stereocenters. The van der Waals surface area contributed by atoms with E-state index in [9.17, 15) is 14.7 Å². The molecule has 2 N–H and O–H groups in total. The van der Waals surface area contributed by atoms with Crippen LogP contribution in [0, 0.1) is 17.8 Å². The van der Waals surface area contributed by atoms with Crippen molar-refractivity contribution >= 4 is 17.6 Å². The number of para-hydroxylation sites is 1. The Labute approximate surface area is 163 Å². The number of hydrogen-bond donors (Lipinski definition) is 2. The van der Waals surface area contributed by atoms with Crippen LogP contribution >= 0.6 is 0 Å². The summed E-state index contributed by atoms with van der Waals surface area (Å²) in [5, 5.41) is 13.3. The van der Waals surface area contributed by atoms with Crippen molar-refractivity contribution in [2.45, 2.75) is 31.2 Å². The quantitative estimate of drug-likeness (QED) is 0.772. The minimum atomic E-state index is -0.897. The van der Waals surface area contributed by atoms with Gasteiger partial charge in [-0.15, -0.1) is 0 Å². The molecular formula is C23H23NO4. The Morgan fingerprint density at radius 2 is 1.82 bits per heavy atom. The summed E-state index contributed by atoms with van der Waals surface area (Å²) >= 11 is 0. The fourth-order valence-corrected chi connectivity index (χ4v) is 5.97. The maximum atomic E-state index is 11.8. The van der Waals surface area contributed by atoms with Gasteiger partial charge in [-0.05, 0) is 72.3 Å². The van der Waals surface area contributed by atoms with E-state index < -0.39 is 5.97 Å². The predicted octanol–water partition coefficient (Wildman–Crippen LogP) is 4.47. The van der Waals surface area contributed by atoms with Crippen molar-refractivity contribution in [1.29, 1.82) is 0 Å². The fourth-order valence-electron chi connectivity index (χ4n) is 5.97. The van der Waals surface area contributed by atoms with Gasteiger partial charge in [-0.25, -0.2) is 9.59 Å². The van der Waals surface area contributed by atoms with Gasteiger partial charge in [0, 0.05) is 0 Å². The molecule has 28 heavy (non-hydrogen) atoms. The van der Waals surface area contributed by atoms with Crippen LogP contribution < -0.4 is 5.32 Å². The Hall–Kier alpha value is -2.82. The lowest BCUT2D eigenvalue weighted by molar-refractivity contribution is 0.0599. The van der Waals surface area contributed by atoms with Crippen LogP contribution in [-0.2, 0) is 4.74 Å². The molecule has 2 bridgehead atoms. The van der Waals surface area contributed by atoms with Crippen LogP contribution in [0.15, 0.2) is 42.5 Å². The summed E-state index contributed by atoms with van der Waals surface area (Å²) in [6, 6.07) is 13.2. The van der Waals surface area contributed by atoms with Gasteiger partial charge in [0.1, 0.15) is 0 Å². The standard InChI is InChI=1S/C23H23NO4/c1-28-23(27)13-7-5-12(6-8-13)20-19-15-10-9-14(11-15)18(19)16-3-2-4-17(22(25)26)21(16)24-20/h2-8,14-15,18-20,24H,9-11H2,1H3,(H,25,26)/t14-,15+,18+,19+,20-/m1/s1. The van der Waals surface area contributed by atoms with Crippen LogP contribution in [0.3, 0.4) is 0 Å². The topological polar surface area (TPSA) is 75.6 Å². The highest BCUT2D eigenvalue weighted by Crippen LogP contribution is 2.63. The van der Waals surface area contributed by atoms with Crippen LogP contribution in [0.25, 0.3) is 0 Å². The number of fused-ring (bicyclic) bond motifs is 7. The Morgan fingerprint density at radius 1 is 1.07 bits per heavy atom. The molecule has 0 amide bonds. The number of carbonyl (C=O) groups excluding carboxylic acids is 1. The van der Waals surface area contributed by atoms with Gasteiger partial charge >= 0.3 is 11.9 Å². The van der Waals surface area contributed by atoms with Gasteiger partial charge in [-0.2, -0.15) is 0 Å². The van der Waals surface area contributed by atoms with Crippen molar-refractivity contribution in [3.8, 4) is 0 Å². The van der Waals surface area contributed by atoms with E-state index in [1.165, 1.54) is 31.9 Å². The summed E-state index contributed by atoms with van der Waals surface area (Å²) in [4.78, 5) is 23.6. The van der Waals surface area contributed by atoms with Gasteiger partial charge in [0.25, 0.3) is 0 Å². The second-order valence-corrected chi connectivity index (χ2v) is 8.25. The van der Waals surface area contributed by atoms with Crippen molar-refractivity contribution in [2.75, 3.05) is 12.4 Å². The molecular weight excluding hydrogens is 354 g/mol. The fraction of sp³-hybridized carbons (Fsp3) is 0.391. The smallest absolute Gasteiger partial charge is 0.337 e. The minimum Gasteiger partial charge on any atom is -0.478 e. The number of rotatable bonds is 3. The zero-order valence-electron chi connectivity index (χ0n) is 15.7. The molecule has 5 rings (SSSR count). The SMILES string of the molecule is COC(=O)c1ccc([C@H]2Nc3c(C(=O)O)cccc3[C@@H]3[C@@H]4CC[C@@H](C4)[C@@H]32)cc1. The molecule has 2 aromatic rings. The van der Waals surface area contributed by atoms with Crippen molar-refractivity contribution in [3.63, 3.8) is 0 Å². The molecule has 0 spiro atoms. The molecule has 0 aromatic heterocycles. The number of anilines is 1. The van der Waals surface area contributed by atoms with Gasteiger partial charge in [0.2, 0.25) is 0 Å². The Morgan fingerprint density at radius 3 is 2.54 bits per heavy atom. The first-order chi connectivity index (χ1) is 13.6. The number of nitrogens with one attached hydrogen (secondary N) is 1. The predicted molar refractivity (Wildman–Crippen MR) is 105 cm³/mol. The number of aromatic carboxylic acids is 1. The van der Waals surface area contributed by atoms with Crippen molar-refractivity contribution in [2.24, 2.45) is 17.8 Å². The van der Waals surface area contributed by atoms with E-state index >= 15 is 0 Å². The first-order valence-corrected chi connectivity index (χ1v) is 9.89. The minimum absolute atomic E-state index is 0.0556. The molecule has 0 saturated heterocycles. The molecule has 144 valence electrons. The summed E-state index contributed by atoms with van der Waals surface area (Å²) in [6.07, 6.45) is 3.71. The van der Waals surface area contributed by atoms with E-state index in [4.69, 9.17) is 4.74 Å². The van der Waals surface area contributed by atoms with E-state index in [2.05, 4.69) is 11.4 Å². The highest BCUT2D eigenvalue weighted by molar-refractivity contribution is 5.95. The first kappa shape index (κ1) is 17.3. The second kappa shape index (κ2) is 6.36. The van der Waals surface area contributed by atoms with Gasteiger partial charge in [-0.1, -0.05) is 24.3 Å². The molecule has 1 aliphatic heterocycles. The number of carboxylic acid groups (broad SMARTS) is 1. The number of hydrogen-bond acceptors (Lipinski definition) is 4. The summed E-state index contributed by atoms with van der Waals surface area (Å²) in [6.45, 7) is 0. The van der Waals surface area contributed by atoms with E-state index in [0.29, 0.717) is 34.8 Å². The molecule has 5 atom stereocenters. The lowest BCUT2D eigenvalue weighted by atomic mass is 9.67. The van der Waals surface area contributed by atoms with Crippen LogP contribution in [0.1, 0.15) is 63.1 Å². The Kier molecular flexibility index (Phi) is 3.93. The number of carbonyl (C=O) groups is 2. The molecule has 0 radical (unpaired) electrons. The van der Waals surface area contributed by atoms with Crippen LogP contribution in [0.4, 0.5) is 5.69 Å². The summed E-state index contributed by atoms with van der Waals surface area (Å²) in [5.74, 6) is 0.912. The zero-order valence-corrected chi connectivity index (χ0v) is 15.7. The average Bonchev–Trinajstić information content (AvgIpc) is 3.35. The van der Waals surface area contributed by atoms with E-state index in [0.717, 1.165) is 11.3 Å². The number of ether oxygens (including phenoxy) is 1. The third-order valence-corrected chi connectivity index (χ3v) is 7.04. The average molecular weight is 377 g/mol. The molecule has 2 saturated carbocycles. The largest absolute Gasteiger partial charge is 0.478 e. The number of esters is 1. The molecule has 5 heteroatoms. The van der Waals surface area contributed by atoms with Gasteiger partial charge in [0.15, 0.2) is 0 Å². The number of carboxylic acids is 1. The molecule has 1 heterocycles. The van der Waals surface area contributed by atoms with Gasteiger partial charge < -0.3 is 15.2 Å².